The number of fused-ring (bicyclic) bond motifs is 1. The van der Waals surface area contributed by atoms with Crippen molar-refractivity contribution in [2.24, 2.45) is 12.8 Å². The van der Waals surface area contributed by atoms with Crippen LogP contribution in [-0.2, 0) is 7.05 Å². The molecule has 22 heavy (non-hydrogen) atoms. The summed E-state index contributed by atoms with van der Waals surface area (Å²) in [7, 11) is 1.74. The van der Waals surface area contributed by atoms with Gasteiger partial charge < -0.3 is 5.73 Å². The summed E-state index contributed by atoms with van der Waals surface area (Å²) >= 11 is 0. The Morgan fingerprint density at radius 2 is 2.18 bits per heavy atom. The van der Waals surface area contributed by atoms with Crippen LogP contribution in [0.4, 0.5) is 4.39 Å². The van der Waals surface area contributed by atoms with Gasteiger partial charge in [-0.25, -0.2) is 9.37 Å². The quantitative estimate of drug-likeness (QED) is 0.733. The first-order valence-corrected chi connectivity index (χ1v) is 6.40. The molecule has 2 heterocycles. The van der Waals surface area contributed by atoms with Crippen molar-refractivity contribution < 1.29 is 9.18 Å². The van der Waals surface area contributed by atoms with Crippen LogP contribution in [0.2, 0.25) is 0 Å². The van der Waals surface area contributed by atoms with Crippen molar-refractivity contribution in [2.75, 3.05) is 0 Å². The smallest absolute Gasteiger partial charge is 0.267 e. The molecular weight excluding hydrogens is 283 g/mol. The third-order valence-electron chi connectivity index (χ3n) is 3.39. The van der Waals surface area contributed by atoms with Crippen LogP contribution in [0.15, 0.2) is 30.5 Å². The molecule has 3 rings (SSSR count). The van der Waals surface area contributed by atoms with Gasteiger partial charge in [0.05, 0.1) is 23.0 Å². The third kappa shape index (κ3) is 2.09. The molecule has 6 heteroatoms. The van der Waals surface area contributed by atoms with Crippen molar-refractivity contribution in [3.8, 4) is 23.6 Å². The van der Waals surface area contributed by atoms with Gasteiger partial charge in [0, 0.05) is 18.0 Å². The van der Waals surface area contributed by atoms with Gasteiger partial charge in [0.1, 0.15) is 11.5 Å². The molecule has 0 unspecified atom stereocenters. The maximum atomic E-state index is 13.6. The average molecular weight is 294 g/mol. The van der Waals surface area contributed by atoms with Crippen molar-refractivity contribution in [1.82, 2.24) is 14.8 Å². The lowest BCUT2D eigenvalue weighted by atomic mass is 10.0. The molecular formula is C16H11FN4O. The zero-order valence-electron chi connectivity index (χ0n) is 11.7. The Bertz CT molecular complexity index is 953. The molecule has 0 atom stereocenters. The Hall–Kier alpha value is -3.20. The fourth-order valence-corrected chi connectivity index (χ4v) is 2.27. The van der Waals surface area contributed by atoms with Crippen LogP contribution in [-0.4, -0.2) is 20.7 Å². The van der Waals surface area contributed by atoms with E-state index in [4.69, 9.17) is 12.2 Å². The van der Waals surface area contributed by atoms with Gasteiger partial charge in [-0.1, -0.05) is 5.92 Å². The fourth-order valence-electron chi connectivity index (χ4n) is 2.27. The van der Waals surface area contributed by atoms with E-state index in [1.54, 1.807) is 30.1 Å². The van der Waals surface area contributed by atoms with Crippen LogP contribution in [0.25, 0.3) is 22.2 Å². The molecule has 0 fully saturated rings. The van der Waals surface area contributed by atoms with Crippen LogP contribution >= 0.6 is 0 Å². The van der Waals surface area contributed by atoms with Gasteiger partial charge in [0.2, 0.25) is 0 Å². The van der Waals surface area contributed by atoms with Crippen molar-refractivity contribution in [1.29, 1.82) is 0 Å². The van der Waals surface area contributed by atoms with E-state index in [9.17, 15) is 9.18 Å². The number of halogens is 1. The Kier molecular flexibility index (Phi) is 3.11. The van der Waals surface area contributed by atoms with Crippen LogP contribution in [0.3, 0.4) is 0 Å². The summed E-state index contributed by atoms with van der Waals surface area (Å²) in [5.41, 5.74) is 7.34. The number of nitrogens with zero attached hydrogens (tertiary/aromatic N) is 3. The number of pyridine rings is 1. The number of nitrogens with two attached hydrogens (primary N) is 1. The van der Waals surface area contributed by atoms with E-state index in [0.717, 1.165) is 5.39 Å². The molecule has 0 saturated carbocycles. The lowest BCUT2D eigenvalue weighted by Crippen LogP contribution is -2.13. The molecule has 2 N–H and O–H groups in total. The number of benzene rings is 1. The van der Waals surface area contributed by atoms with E-state index in [1.165, 1.54) is 12.1 Å². The normalized spacial score (nSPS) is 10.6. The molecule has 0 radical (unpaired) electrons. The van der Waals surface area contributed by atoms with Crippen molar-refractivity contribution in [3.05, 3.63) is 47.5 Å². The highest BCUT2D eigenvalue weighted by Crippen LogP contribution is 2.28. The highest BCUT2D eigenvalue weighted by molar-refractivity contribution is 5.99. The zero-order chi connectivity index (χ0) is 15.9. The third-order valence-corrected chi connectivity index (χ3v) is 3.39. The standard InChI is InChI=1S/C16H11FN4O/c1-3-9-6-10(4-5-12(9)17)15-11-8-19-21(2)14(11)7-13(20-15)16(18)22/h1,4-8H,2H3,(H2,18,22). The van der Waals surface area contributed by atoms with Gasteiger partial charge >= 0.3 is 0 Å². The minimum Gasteiger partial charge on any atom is -0.364 e. The van der Waals surface area contributed by atoms with Crippen molar-refractivity contribution >= 4 is 16.8 Å². The summed E-state index contributed by atoms with van der Waals surface area (Å²) in [6.45, 7) is 0. The first-order valence-electron chi connectivity index (χ1n) is 6.40. The highest BCUT2D eigenvalue weighted by atomic mass is 19.1. The van der Waals surface area contributed by atoms with E-state index in [1.807, 2.05) is 0 Å². The van der Waals surface area contributed by atoms with Crippen LogP contribution < -0.4 is 5.73 Å². The summed E-state index contributed by atoms with van der Waals surface area (Å²) in [6, 6.07) is 5.90. The Morgan fingerprint density at radius 1 is 1.41 bits per heavy atom. The summed E-state index contributed by atoms with van der Waals surface area (Å²) < 4.78 is 15.2. The topological polar surface area (TPSA) is 73.8 Å². The molecule has 0 aliphatic rings. The van der Waals surface area contributed by atoms with E-state index in [-0.39, 0.29) is 11.3 Å². The number of primary amides is 1. The molecule has 0 saturated heterocycles. The number of carbonyl (C=O) groups excluding carboxylic acids is 1. The lowest BCUT2D eigenvalue weighted by molar-refractivity contribution is 0.0996. The number of aromatic nitrogens is 3. The van der Waals surface area contributed by atoms with Crippen LogP contribution in [0.5, 0.6) is 0 Å². The summed E-state index contributed by atoms with van der Waals surface area (Å²) in [4.78, 5) is 15.7. The second-order valence-corrected chi connectivity index (χ2v) is 4.76. The molecule has 2 aromatic heterocycles. The second kappa shape index (κ2) is 4.97. The van der Waals surface area contributed by atoms with E-state index >= 15 is 0 Å². The van der Waals surface area contributed by atoms with Crippen LogP contribution in [0, 0.1) is 18.2 Å². The maximum absolute atomic E-state index is 13.6. The molecule has 0 aliphatic heterocycles. The van der Waals surface area contributed by atoms with Crippen molar-refractivity contribution in [3.63, 3.8) is 0 Å². The van der Waals surface area contributed by atoms with Crippen molar-refractivity contribution in [2.45, 2.75) is 0 Å². The molecule has 0 bridgehead atoms. The van der Waals surface area contributed by atoms with Gasteiger partial charge in [0.25, 0.3) is 5.91 Å². The molecule has 0 aliphatic carbocycles. The maximum Gasteiger partial charge on any atom is 0.267 e. The molecule has 3 aromatic rings. The molecule has 0 spiro atoms. The number of carbonyl (C=O) groups is 1. The van der Waals surface area contributed by atoms with Gasteiger partial charge in [0.15, 0.2) is 0 Å². The molecule has 1 amide bonds. The molecule has 1 aromatic carbocycles. The number of aryl methyl sites for hydroxylation is 1. The number of terminal acetylenes is 1. The van der Waals surface area contributed by atoms with Gasteiger partial charge in [-0.3, -0.25) is 9.48 Å². The lowest BCUT2D eigenvalue weighted by Gasteiger charge is -2.07. The van der Waals surface area contributed by atoms with E-state index in [2.05, 4.69) is 16.0 Å². The number of rotatable bonds is 2. The first-order chi connectivity index (χ1) is 10.5. The second-order valence-electron chi connectivity index (χ2n) is 4.76. The van der Waals surface area contributed by atoms with E-state index in [0.29, 0.717) is 16.8 Å². The highest BCUT2D eigenvalue weighted by Gasteiger charge is 2.15. The monoisotopic (exact) mass is 294 g/mol. The largest absolute Gasteiger partial charge is 0.364 e. The average Bonchev–Trinajstić information content (AvgIpc) is 2.88. The predicted molar refractivity (Wildman–Crippen MR) is 80.4 cm³/mol. The number of hydrogen-bond donors (Lipinski definition) is 1. The van der Waals surface area contributed by atoms with Gasteiger partial charge in [-0.2, -0.15) is 5.10 Å². The SMILES string of the molecule is C#Cc1cc(-c2nc(C(N)=O)cc3c2cnn3C)ccc1F. The Labute approximate surface area is 125 Å². The minimum atomic E-state index is -0.649. The molecule has 108 valence electrons. The zero-order valence-corrected chi connectivity index (χ0v) is 11.7. The minimum absolute atomic E-state index is 0.109. The number of amides is 1. The van der Waals surface area contributed by atoms with E-state index < -0.39 is 11.7 Å². The predicted octanol–water partition coefficient (Wildman–Crippen LogP) is 1.85. The molecule has 5 nitrogen and oxygen atoms in total. The summed E-state index contributed by atoms with van der Waals surface area (Å²) in [5.74, 6) is 1.15. The van der Waals surface area contributed by atoms with Gasteiger partial charge in [-0.15, -0.1) is 6.42 Å². The van der Waals surface area contributed by atoms with Gasteiger partial charge in [-0.05, 0) is 24.3 Å². The Morgan fingerprint density at radius 3 is 2.86 bits per heavy atom. The summed E-state index contributed by atoms with van der Waals surface area (Å²) in [6.07, 6.45) is 6.92. The fraction of sp³-hybridized carbons (Fsp3) is 0.0625. The first kappa shape index (κ1) is 13.8. The number of hydrogen-bond acceptors (Lipinski definition) is 3. The summed E-state index contributed by atoms with van der Waals surface area (Å²) in [5, 5.41) is 4.88. The van der Waals surface area contributed by atoms with Crippen LogP contribution in [0.1, 0.15) is 16.1 Å². The Balaban J connectivity index is 2.35.